The zero-order chi connectivity index (χ0) is 15.4. The molecule has 0 saturated carbocycles. The minimum Gasteiger partial charge on any atom is -0.828 e. The maximum absolute atomic E-state index is 11.6. The van der Waals surface area contributed by atoms with Gasteiger partial charge in [0.1, 0.15) is 24.1 Å². The van der Waals surface area contributed by atoms with E-state index in [4.69, 9.17) is 9.84 Å². The Kier molecular flexibility index (Phi) is 4.92. The van der Waals surface area contributed by atoms with Gasteiger partial charge in [-0.3, -0.25) is 0 Å². The highest BCUT2D eigenvalue weighted by atomic mass is 16.7. The van der Waals surface area contributed by atoms with Gasteiger partial charge in [-0.2, -0.15) is 0 Å². The topological polar surface area (TPSA) is 119 Å². The maximum atomic E-state index is 11.6. The number of aliphatic hydroxyl groups is 2. The molecule has 0 aromatic heterocycles. The molecule has 0 amide bonds. The molecule has 1 aromatic carbocycles. The summed E-state index contributed by atoms with van der Waals surface area (Å²) in [5.74, 6) is -0.744. The number of esters is 1. The van der Waals surface area contributed by atoms with Crippen LogP contribution in [0.15, 0.2) is 30.3 Å². The van der Waals surface area contributed by atoms with E-state index < -0.39 is 30.6 Å². The Balaban J connectivity index is 1.95. The number of carbonyl (C=O) groups is 1. The molecule has 0 unspecified atom stereocenters. The van der Waals surface area contributed by atoms with Gasteiger partial charge in [0.2, 0.25) is 0 Å². The normalized spacial score (nSPS) is 29.5. The van der Waals surface area contributed by atoms with Crippen LogP contribution in [0.4, 0.5) is 0 Å². The van der Waals surface area contributed by atoms with Crippen LogP contribution in [0.1, 0.15) is 5.56 Å². The molecule has 1 aliphatic rings. The minimum absolute atomic E-state index is 0.0976. The fourth-order valence-electron chi connectivity index (χ4n) is 1.82. The Morgan fingerprint density at radius 2 is 2.00 bits per heavy atom. The van der Waals surface area contributed by atoms with Crippen molar-refractivity contribution in [3.8, 4) is 5.75 Å². The van der Waals surface area contributed by atoms with Gasteiger partial charge in [-0.25, -0.2) is 4.79 Å². The molecule has 4 atom stereocenters. The number of phenols is 1. The van der Waals surface area contributed by atoms with Crippen LogP contribution in [0, 0.1) is 0 Å². The molecule has 0 radical (unpaired) electrons. The molecule has 114 valence electrons. The van der Waals surface area contributed by atoms with Gasteiger partial charge in [-0.1, -0.05) is 12.1 Å². The van der Waals surface area contributed by atoms with Crippen molar-refractivity contribution in [3.05, 3.63) is 35.9 Å². The number of carbonyl (C=O) groups excluding carboxylic acids is 1. The van der Waals surface area contributed by atoms with Crippen LogP contribution in [0.5, 0.6) is 5.75 Å². The largest absolute Gasteiger partial charge is 0.828 e. The summed E-state index contributed by atoms with van der Waals surface area (Å²) < 4.78 is 9.46. The molecule has 7 nitrogen and oxygen atoms in total. The molecule has 2 rings (SSSR count). The monoisotopic (exact) mass is 295 g/mol. The van der Waals surface area contributed by atoms with Gasteiger partial charge in [0.25, 0.3) is 0 Å². The minimum atomic E-state index is -1.74. The Morgan fingerprint density at radius 1 is 1.33 bits per heavy atom. The Hall–Kier alpha value is -1.93. The number of rotatable bonds is 3. The number of hydrogen-bond acceptors (Lipinski definition) is 7. The van der Waals surface area contributed by atoms with Crippen LogP contribution in [-0.2, 0) is 14.3 Å². The van der Waals surface area contributed by atoms with Crippen LogP contribution < -0.4 is 5.11 Å². The van der Waals surface area contributed by atoms with Crippen molar-refractivity contribution in [2.45, 2.75) is 24.6 Å². The summed E-state index contributed by atoms with van der Waals surface area (Å²) in [6.07, 6.45) is -3.46. The summed E-state index contributed by atoms with van der Waals surface area (Å²) in [5, 5.41) is 39.6. The van der Waals surface area contributed by atoms with Crippen LogP contribution in [0.2, 0.25) is 0 Å². The van der Waals surface area contributed by atoms with Gasteiger partial charge in [0.05, 0.1) is 6.61 Å². The van der Waals surface area contributed by atoms with E-state index in [2.05, 4.69) is 4.74 Å². The summed E-state index contributed by atoms with van der Waals surface area (Å²) in [4.78, 5) is 11.6. The maximum Gasteiger partial charge on any atom is 0.331 e. The predicted octanol–water partition coefficient (Wildman–Crippen LogP) is -1.24. The Bertz CT molecular complexity index is 511. The van der Waals surface area contributed by atoms with Crippen molar-refractivity contribution in [1.82, 2.24) is 0 Å². The molecule has 1 heterocycles. The number of aliphatic hydroxyl groups excluding tert-OH is 2. The molecule has 1 aliphatic heterocycles. The Morgan fingerprint density at radius 3 is 2.67 bits per heavy atom. The van der Waals surface area contributed by atoms with E-state index in [9.17, 15) is 20.1 Å². The van der Waals surface area contributed by atoms with Gasteiger partial charge in [0.15, 0.2) is 0 Å². The third-order valence-corrected chi connectivity index (χ3v) is 2.99. The number of benzene rings is 1. The van der Waals surface area contributed by atoms with E-state index in [0.717, 1.165) is 6.08 Å². The second kappa shape index (κ2) is 6.68. The quantitative estimate of drug-likeness (QED) is 0.471. The first-order chi connectivity index (χ1) is 9.97. The standard InChI is InChI=1S/C14H15O7/c15-9-4-1-8(2-5-9)3-6-11(17)21-13-12(18)10(16)7-20-14(13)19/h1-6,10,12-16,18H,7H2/q-1/b6-3+/t10-,12+,13-,14-/m1/s1. The highest BCUT2D eigenvalue weighted by molar-refractivity contribution is 5.87. The SMILES string of the molecule is O=C(/C=C/c1ccc(O)cc1)O[C@@H]1[C@@H](O)[C@H](O)CO[C@H]1[O-]. The lowest BCUT2D eigenvalue weighted by atomic mass is 10.1. The van der Waals surface area contributed by atoms with Crippen LogP contribution in [0.25, 0.3) is 6.08 Å². The van der Waals surface area contributed by atoms with Crippen molar-refractivity contribution in [1.29, 1.82) is 0 Å². The zero-order valence-corrected chi connectivity index (χ0v) is 11.0. The van der Waals surface area contributed by atoms with Gasteiger partial charge >= 0.3 is 5.97 Å². The highest BCUT2D eigenvalue weighted by Crippen LogP contribution is 2.16. The summed E-state index contributed by atoms with van der Waals surface area (Å²) in [5.41, 5.74) is 0.643. The van der Waals surface area contributed by atoms with E-state index >= 15 is 0 Å². The van der Waals surface area contributed by atoms with E-state index in [1.807, 2.05) is 0 Å². The molecular formula is C14H15O7-. The predicted molar refractivity (Wildman–Crippen MR) is 68.8 cm³/mol. The second-order valence-corrected chi connectivity index (χ2v) is 4.59. The average Bonchev–Trinajstić information content (AvgIpc) is 2.47. The molecule has 21 heavy (non-hydrogen) atoms. The fourth-order valence-corrected chi connectivity index (χ4v) is 1.82. The van der Waals surface area contributed by atoms with Crippen LogP contribution in [0.3, 0.4) is 0 Å². The summed E-state index contributed by atoms with van der Waals surface area (Å²) in [7, 11) is 0. The molecule has 1 aromatic rings. The first kappa shape index (κ1) is 15.5. The summed E-state index contributed by atoms with van der Waals surface area (Å²) in [6.45, 7) is -0.299. The molecule has 0 bridgehead atoms. The van der Waals surface area contributed by atoms with E-state index in [1.54, 1.807) is 12.1 Å². The third-order valence-electron chi connectivity index (χ3n) is 2.99. The third kappa shape index (κ3) is 4.02. The van der Waals surface area contributed by atoms with Crippen molar-refractivity contribution in [2.24, 2.45) is 0 Å². The van der Waals surface area contributed by atoms with E-state index in [0.29, 0.717) is 5.56 Å². The Labute approximate surface area is 120 Å². The second-order valence-electron chi connectivity index (χ2n) is 4.59. The first-order valence-corrected chi connectivity index (χ1v) is 6.28. The molecular weight excluding hydrogens is 280 g/mol. The van der Waals surface area contributed by atoms with Gasteiger partial charge in [-0.05, 0) is 23.8 Å². The number of aromatic hydroxyl groups is 1. The molecule has 0 spiro atoms. The van der Waals surface area contributed by atoms with Crippen LogP contribution >= 0.6 is 0 Å². The molecule has 1 saturated heterocycles. The highest BCUT2D eigenvalue weighted by Gasteiger charge is 2.36. The zero-order valence-electron chi connectivity index (χ0n) is 11.0. The van der Waals surface area contributed by atoms with Crippen molar-refractivity contribution in [3.63, 3.8) is 0 Å². The first-order valence-electron chi connectivity index (χ1n) is 6.28. The van der Waals surface area contributed by atoms with Crippen molar-refractivity contribution < 1.29 is 34.7 Å². The summed E-state index contributed by atoms with van der Waals surface area (Å²) in [6, 6.07) is 6.07. The number of hydrogen-bond donors (Lipinski definition) is 3. The van der Waals surface area contributed by atoms with Crippen LogP contribution in [-0.4, -0.2) is 52.5 Å². The van der Waals surface area contributed by atoms with E-state index in [-0.39, 0.29) is 12.4 Å². The summed E-state index contributed by atoms with van der Waals surface area (Å²) >= 11 is 0. The number of ether oxygens (including phenoxy) is 2. The van der Waals surface area contributed by atoms with Gasteiger partial charge in [-0.15, -0.1) is 0 Å². The smallest absolute Gasteiger partial charge is 0.331 e. The van der Waals surface area contributed by atoms with Gasteiger partial charge < -0.3 is 29.9 Å². The fraction of sp³-hybridized carbons (Fsp3) is 0.357. The average molecular weight is 295 g/mol. The molecule has 1 fully saturated rings. The molecule has 0 aliphatic carbocycles. The lowest BCUT2D eigenvalue weighted by Crippen LogP contribution is -2.59. The van der Waals surface area contributed by atoms with E-state index in [1.165, 1.54) is 18.2 Å². The lowest BCUT2D eigenvalue weighted by Gasteiger charge is -2.40. The van der Waals surface area contributed by atoms with Gasteiger partial charge in [0, 0.05) is 12.4 Å². The number of phenolic OH excluding ortho intramolecular Hbond substituents is 1. The van der Waals surface area contributed by atoms with Crippen molar-refractivity contribution >= 4 is 12.0 Å². The lowest BCUT2D eigenvalue weighted by molar-refractivity contribution is -0.523. The molecule has 3 N–H and O–H groups in total. The molecule has 7 heteroatoms. The van der Waals surface area contributed by atoms with Crippen molar-refractivity contribution in [2.75, 3.05) is 6.61 Å².